The molecule has 54 valence electrons. The molecule has 1 aromatic rings. The Kier molecular flexibility index (Phi) is 2.22. The Labute approximate surface area is 65.1 Å². The van der Waals surface area contributed by atoms with Crippen molar-refractivity contribution in [2.24, 2.45) is 0 Å². The van der Waals surface area contributed by atoms with E-state index < -0.39 is 0 Å². The summed E-state index contributed by atoms with van der Waals surface area (Å²) in [6.45, 7) is 1.99. The summed E-state index contributed by atoms with van der Waals surface area (Å²) in [6, 6.07) is 5.40. The van der Waals surface area contributed by atoms with Crippen LogP contribution in [0.4, 0.5) is 0 Å². The molecular weight excluding hydrogens is 144 g/mol. The number of phenolic OH excluding ortho intramolecular Hbond substituents is 1. The van der Waals surface area contributed by atoms with Crippen molar-refractivity contribution >= 4 is 11.8 Å². The zero-order chi connectivity index (χ0) is 7.56. The lowest BCUT2D eigenvalue weighted by Gasteiger charge is -2.00. The summed E-state index contributed by atoms with van der Waals surface area (Å²) >= 11 is 1.69. The maximum Gasteiger partial charge on any atom is 0.115 e. The predicted molar refractivity (Wildman–Crippen MR) is 44.6 cm³/mol. The molecule has 1 N–H and O–H groups in total. The average Bonchev–Trinajstić information content (AvgIpc) is 1.88. The molecule has 1 rings (SSSR count). The van der Waals surface area contributed by atoms with E-state index in [1.54, 1.807) is 23.9 Å². The Balaban J connectivity index is 3.07. The van der Waals surface area contributed by atoms with Gasteiger partial charge < -0.3 is 5.11 Å². The van der Waals surface area contributed by atoms with Crippen LogP contribution in [0.2, 0.25) is 0 Å². The summed E-state index contributed by atoms with van der Waals surface area (Å²) in [5.74, 6) is 0.343. The molecule has 0 atom stereocenters. The number of aryl methyl sites for hydroxylation is 1. The fraction of sp³-hybridized carbons (Fsp3) is 0.250. The Hall–Kier alpha value is -0.630. The van der Waals surface area contributed by atoms with Crippen molar-refractivity contribution in [3.05, 3.63) is 23.8 Å². The zero-order valence-electron chi connectivity index (χ0n) is 6.09. The van der Waals surface area contributed by atoms with Crippen molar-refractivity contribution in [3.63, 3.8) is 0 Å². The number of rotatable bonds is 1. The molecule has 0 aromatic heterocycles. The van der Waals surface area contributed by atoms with Crippen LogP contribution in [0.5, 0.6) is 5.75 Å². The van der Waals surface area contributed by atoms with E-state index in [1.807, 2.05) is 19.2 Å². The first-order valence-corrected chi connectivity index (χ1v) is 4.30. The van der Waals surface area contributed by atoms with E-state index in [-0.39, 0.29) is 0 Å². The summed E-state index contributed by atoms with van der Waals surface area (Å²) in [4.78, 5) is 1.22. The van der Waals surface area contributed by atoms with Crippen LogP contribution in [0.3, 0.4) is 0 Å². The first-order valence-electron chi connectivity index (χ1n) is 3.07. The molecule has 0 radical (unpaired) electrons. The molecule has 0 spiro atoms. The molecule has 1 aromatic carbocycles. The molecule has 0 amide bonds. The van der Waals surface area contributed by atoms with E-state index in [2.05, 4.69) is 0 Å². The molecule has 0 aliphatic carbocycles. The first-order chi connectivity index (χ1) is 4.74. The second-order valence-electron chi connectivity index (χ2n) is 2.15. The first kappa shape index (κ1) is 7.48. The molecule has 0 heterocycles. The van der Waals surface area contributed by atoms with Gasteiger partial charge in [0.15, 0.2) is 0 Å². The third-order valence-electron chi connectivity index (χ3n) is 1.38. The van der Waals surface area contributed by atoms with Gasteiger partial charge in [0.1, 0.15) is 5.75 Å². The lowest BCUT2D eigenvalue weighted by atomic mass is 10.2. The average molecular weight is 154 g/mol. The smallest absolute Gasteiger partial charge is 0.115 e. The van der Waals surface area contributed by atoms with Crippen LogP contribution < -0.4 is 0 Å². The van der Waals surface area contributed by atoms with E-state index in [1.165, 1.54) is 4.90 Å². The van der Waals surface area contributed by atoms with Crippen LogP contribution in [0, 0.1) is 6.92 Å². The highest BCUT2D eigenvalue weighted by Gasteiger charge is 1.95. The Morgan fingerprint density at radius 1 is 1.40 bits per heavy atom. The number of hydrogen-bond donors (Lipinski definition) is 1. The molecule has 0 unspecified atom stereocenters. The van der Waals surface area contributed by atoms with Crippen molar-refractivity contribution in [1.82, 2.24) is 0 Å². The van der Waals surface area contributed by atoms with Crippen LogP contribution in [-0.2, 0) is 0 Å². The van der Waals surface area contributed by atoms with Crippen LogP contribution in [0.1, 0.15) is 5.56 Å². The molecule has 0 aliphatic heterocycles. The SMILES string of the molecule is CSc1ccc(O)cc1C. The summed E-state index contributed by atoms with van der Waals surface area (Å²) in [7, 11) is 0. The fourth-order valence-corrected chi connectivity index (χ4v) is 1.45. The molecule has 0 aliphatic rings. The van der Waals surface area contributed by atoms with Crippen LogP contribution in [0.15, 0.2) is 23.1 Å². The van der Waals surface area contributed by atoms with Crippen LogP contribution in [-0.4, -0.2) is 11.4 Å². The molecule has 1 nitrogen and oxygen atoms in total. The third kappa shape index (κ3) is 1.45. The van der Waals surface area contributed by atoms with Gasteiger partial charge >= 0.3 is 0 Å². The highest BCUT2D eigenvalue weighted by molar-refractivity contribution is 7.98. The third-order valence-corrected chi connectivity index (χ3v) is 2.28. The minimum absolute atomic E-state index is 0.343. The minimum atomic E-state index is 0.343. The zero-order valence-corrected chi connectivity index (χ0v) is 6.90. The highest BCUT2D eigenvalue weighted by atomic mass is 32.2. The lowest BCUT2D eigenvalue weighted by molar-refractivity contribution is 0.474. The predicted octanol–water partition coefficient (Wildman–Crippen LogP) is 2.42. The second kappa shape index (κ2) is 2.97. The standard InChI is InChI=1S/C8H10OS/c1-6-5-7(9)3-4-8(6)10-2/h3-5,9H,1-2H3. The largest absolute Gasteiger partial charge is 0.508 e. The molecule has 0 bridgehead atoms. The molecule has 0 fully saturated rings. The maximum atomic E-state index is 9.02. The van der Waals surface area contributed by atoms with Gasteiger partial charge in [0.05, 0.1) is 0 Å². The quantitative estimate of drug-likeness (QED) is 0.627. The summed E-state index contributed by atoms with van der Waals surface area (Å²) in [6.07, 6.45) is 2.03. The van der Waals surface area contributed by atoms with Gasteiger partial charge in [-0.25, -0.2) is 0 Å². The van der Waals surface area contributed by atoms with Gasteiger partial charge in [-0.3, -0.25) is 0 Å². The van der Waals surface area contributed by atoms with E-state index in [0.717, 1.165) is 5.56 Å². The fourth-order valence-electron chi connectivity index (χ4n) is 0.863. The van der Waals surface area contributed by atoms with Gasteiger partial charge in [-0.2, -0.15) is 0 Å². The second-order valence-corrected chi connectivity index (χ2v) is 3.00. The van der Waals surface area contributed by atoms with Gasteiger partial charge in [-0.15, -0.1) is 11.8 Å². The van der Waals surface area contributed by atoms with Gasteiger partial charge in [0, 0.05) is 4.90 Å². The number of phenols is 1. The van der Waals surface area contributed by atoms with Crippen molar-refractivity contribution in [3.8, 4) is 5.75 Å². The number of aromatic hydroxyl groups is 1. The van der Waals surface area contributed by atoms with Gasteiger partial charge in [0.2, 0.25) is 0 Å². The topological polar surface area (TPSA) is 20.2 Å². The van der Waals surface area contributed by atoms with E-state index >= 15 is 0 Å². The molecule has 0 saturated heterocycles. The van der Waals surface area contributed by atoms with Crippen molar-refractivity contribution in [2.45, 2.75) is 11.8 Å². The summed E-state index contributed by atoms with van der Waals surface area (Å²) < 4.78 is 0. The van der Waals surface area contributed by atoms with E-state index in [4.69, 9.17) is 5.11 Å². The molecular formula is C8H10OS. The van der Waals surface area contributed by atoms with Gasteiger partial charge in [0.25, 0.3) is 0 Å². The van der Waals surface area contributed by atoms with Gasteiger partial charge in [-0.1, -0.05) is 0 Å². The number of benzene rings is 1. The van der Waals surface area contributed by atoms with Crippen LogP contribution in [0.25, 0.3) is 0 Å². The number of hydrogen-bond acceptors (Lipinski definition) is 2. The normalized spacial score (nSPS) is 9.80. The van der Waals surface area contributed by atoms with Crippen molar-refractivity contribution in [2.75, 3.05) is 6.26 Å². The highest BCUT2D eigenvalue weighted by Crippen LogP contribution is 2.22. The Bertz CT molecular complexity index is 233. The molecule has 10 heavy (non-hydrogen) atoms. The van der Waals surface area contributed by atoms with Crippen molar-refractivity contribution < 1.29 is 5.11 Å². The molecule has 0 saturated carbocycles. The Morgan fingerprint density at radius 2 is 2.10 bits per heavy atom. The minimum Gasteiger partial charge on any atom is -0.508 e. The lowest BCUT2D eigenvalue weighted by Crippen LogP contribution is -1.76. The van der Waals surface area contributed by atoms with E-state index in [9.17, 15) is 0 Å². The monoisotopic (exact) mass is 154 g/mol. The maximum absolute atomic E-state index is 9.02. The summed E-state index contributed by atoms with van der Waals surface area (Å²) in [5.41, 5.74) is 1.13. The number of thioether (sulfide) groups is 1. The van der Waals surface area contributed by atoms with Crippen LogP contribution >= 0.6 is 11.8 Å². The van der Waals surface area contributed by atoms with E-state index in [0.29, 0.717) is 5.75 Å². The summed E-state index contributed by atoms with van der Waals surface area (Å²) in [5, 5.41) is 9.02. The van der Waals surface area contributed by atoms with Gasteiger partial charge in [-0.05, 0) is 36.9 Å². The Morgan fingerprint density at radius 3 is 2.60 bits per heavy atom. The van der Waals surface area contributed by atoms with Crippen molar-refractivity contribution in [1.29, 1.82) is 0 Å². The molecule has 2 heteroatoms.